The molecule has 0 N–H and O–H groups in total. The van der Waals surface area contributed by atoms with Gasteiger partial charge in [-0.25, -0.2) is 0 Å². The summed E-state index contributed by atoms with van der Waals surface area (Å²) in [6.07, 6.45) is 0. The van der Waals surface area contributed by atoms with E-state index in [1.807, 2.05) is 0 Å². The van der Waals surface area contributed by atoms with E-state index in [1.54, 1.807) is 41.2 Å². The van der Waals surface area contributed by atoms with Gasteiger partial charge >= 0.3 is 51.4 Å². The molecule has 0 bridgehead atoms. The fourth-order valence-electron chi connectivity index (χ4n) is 0.703. The minimum atomic E-state index is -1.22. The maximum atomic E-state index is 10.4. The third-order valence-electron chi connectivity index (χ3n) is 1.19. The van der Waals surface area contributed by atoms with E-state index in [1.165, 1.54) is 6.07 Å². The molecule has 1 rings (SSSR count). The fraction of sp³-hybridized carbons (Fsp3) is 0. The molecule has 0 spiro atoms. The van der Waals surface area contributed by atoms with E-state index in [4.69, 9.17) is 3.07 Å². The van der Waals surface area contributed by atoms with Crippen LogP contribution in [0.15, 0.2) is 24.3 Å². The number of para-hydroxylation sites is 1. The molecule has 0 saturated carbocycles. The molecule has 3 nitrogen and oxygen atoms in total. The zero-order valence-electron chi connectivity index (χ0n) is 6.41. The Bertz CT molecular complexity index is 277. The van der Waals surface area contributed by atoms with Crippen LogP contribution < -0.4 is 59.6 Å². The van der Waals surface area contributed by atoms with Crippen LogP contribution in [0, 0.1) is 0 Å². The molecular formula is C7H4IKO3. The average Bonchev–Trinajstić information content (AvgIpc) is 2.04. The molecule has 0 aliphatic carbocycles. The fourth-order valence-corrected chi connectivity index (χ4v) is 1.09. The number of halogens is 1. The molecule has 0 radical (unpaired) electrons. The minimum absolute atomic E-state index is 0. The predicted octanol–water partition coefficient (Wildman–Crippen LogP) is -2.22. The number of carboxylic acid groups (broad SMARTS) is 1. The van der Waals surface area contributed by atoms with Crippen LogP contribution in [0.5, 0.6) is 5.75 Å². The van der Waals surface area contributed by atoms with Crippen molar-refractivity contribution in [2.75, 3.05) is 0 Å². The SMILES string of the molecule is O=C([O-])c1ccccc1OI.[K+]. The van der Waals surface area contributed by atoms with Gasteiger partial charge in [-0.2, -0.15) is 0 Å². The van der Waals surface area contributed by atoms with E-state index < -0.39 is 5.97 Å². The number of aromatic carboxylic acids is 1. The van der Waals surface area contributed by atoms with Gasteiger partial charge in [-0.1, -0.05) is 12.1 Å². The van der Waals surface area contributed by atoms with Gasteiger partial charge in [0.05, 0.1) is 5.97 Å². The van der Waals surface area contributed by atoms with E-state index in [0.717, 1.165) is 0 Å². The Hall–Kier alpha value is 0.856. The van der Waals surface area contributed by atoms with Crippen LogP contribution in [0.1, 0.15) is 10.4 Å². The smallest absolute Gasteiger partial charge is 0.545 e. The summed E-state index contributed by atoms with van der Waals surface area (Å²) in [5.41, 5.74) is 0.0712. The van der Waals surface area contributed by atoms with Crippen LogP contribution >= 0.6 is 23.0 Å². The third-order valence-corrected chi connectivity index (χ3v) is 1.66. The number of carboxylic acids is 1. The number of carbonyl (C=O) groups is 1. The Kier molecular flexibility index (Phi) is 6.78. The summed E-state index contributed by atoms with van der Waals surface area (Å²) in [7, 11) is 0. The molecule has 0 atom stereocenters. The van der Waals surface area contributed by atoms with E-state index in [0.29, 0.717) is 5.75 Å². The molecule has 0 aromatic heterocycles. The first kappa shape index (κ1) is 12.9. The molecule has 1 aromatic carbocycles. The summed E-state index contributed by atoms with van der Waals surface area (Å²) < 4.78 is 4.76. The molecule has 0 unspecified atom stereocenters. The molecule has 0 aliphatic heterocycles. The van der Waals surface area contributed by atoms with Crippen LogP contribution in [0.4, 0.5) is 0 Å². The van der Waals surface area contributed by atoms with Gasteiger partial charge in [0, 0.05) is 5.56 Å². The van der Waals surface area contributed by atoms with Gasteiger partial charge in [-0.15, -0.1) is 0 Å². The second-order valence-corrected chi connectivity index (χ2v) is 2.30. The first-order valence-electron chi connectivity index (χ1n) is 2.84. The summed E-state index contributed by atoms with van der Waals surface area (Å²) in [5.74, 6) is -0.912. The van der Waals surface area contributed by atoms with Gasteiger partial charge in [0.2, 0.25) is 0 Å². The van der Waals surface area contributed by atoms with Crippen molar-refractivity contribution in [1.82, 2.24) is 0 Å². The summed E-state index contributed by atoms with van der Waals surface area (Å²) >= 11 is 1.62. The molecule has 0 fully saturated rings. The Morgan fingerprint density at radius 3 is 2.42 bits per heavy atom. The van der Waals surface area contributed by atoms with Gasteiger partial charge in [0.25, 0.3) is 0 Å². The van der Waals surface area contributed by atoms with E-state index >= 15 is 0 Å². The third kappa shape index (κ3) is 3.31. The Morgan fingerprint density at radius 2 is 2.00 bits per heavy atom. The molecule has 58 valence electrons. The summed E-state index contributed by atoms with van der Waals surface area (Å²) in [5, 5.41) is 10.4. The van der Waals surface area contributed by atoms with E-state index in [2.05, 4.69) is 0 Å². The van der Waals surface area contributed by atoms with Crippen molar-refractivity contribution in [2.24, 2.45) is 0 Å². The molecule has 0 saturated heterocycles. The number of hydrogen-bond acceptors (Lipinski definition) is 3. The van der Waals surface area contributed by atoms with Crippen LogP contribution in [-0.2, 0) is 0 Å². The van der Waals surface area contributed by atoms with Gasteiger partial charge in [-0.3, -0.25) is 0 Å². The monoisotopic (exact) mass is 302 g/mol. The van der Waals surface area contributed by atoms with Crippen molar-refractivity contribution < 1.29 is 64.4 Å². The zero-order valence-corrected chi connectivity index (χ0v) is 11.7. The van der Waals surface area contributed by atoms with Crippen LogP contribution in [0.25, 0.3) is 0 Å². The minimum Gasteiger partial charge on any atom is -0.545 e. The standard InChI is InChI=1S/C7H5IO3.K/c8-11-6-4-2-1-3-5(6)7(9)10;/h1-4H,(H,9,10);/q;+1/p-1. The zero-order chi connectivity index (χ0) is 8.27. The van der Waals surface area contributed by atoms with Crippen molar-refractivity contribution in [3.05, 3.63) is 29.8 Å². The summed E-state index contributed by atoms with van der Waals surface area (Å²) in [6.45, 7) is 0. The molecule has 0 aliphatic rings. The van der Waals surface area contributed by atoms with Crippen molar-refractivity contribution in [1.29, 1.82) is 0 Å². The first-order chi connectivity index (χ1) is 5.25. The van der Waals surface area contributed by atoms with E-state index in [-0.39, 0.29) is 56.9 Å². The maximum Gasteiger partial charge on any atom is 1.00 e. The molecule has 0 heterocycles. The van der Waals surface area contributed by atoms with Crippen molar-refractivity contribution >= 4 is 29.0 Å². The number of hydrogen-bond donors (Lipinski definition) is 0. The normalized spacial score (nSPS) is 8.42. The Balaban J connectivity index is 0.00000121. The Morgan fingerprint density at radius 1 is 1.42 bits per heavy atom. The summed E-state index contributed by atoms with van der Waals surface area (Å²) in [6, 6.07) is 6.31. The van der Waals surface area contributed by atoms with E-state index in [9.17, 15) is 9.90 Å². The Labute approximate surface area is 127 Å². The van der Waals surface area contributed by atoms with Gasteiger partial charge in [-0.05, 0) is 12.1 Å². The van der Waals surface area contributed by atoms with Gasteiger partial charge in [0.1, 0.15) is 5.75 Å². The van der Waals surface area contributed by atoms with Crippen LogP contribution in [-0.4, -0.2) is 5.97 Å². The number of carbonyl (C=O) groups excluding carboxylic acids is 1. The van der Waals surface area contributed by atoms with Crippen LogP contribution in [0.2, 0.25) is 0 Å². The second kappa shape index (κ2) is 6.33. The second-order valence-electron chi connectivity index (χ2n) is 1.86. The molecule has 0 amide bonds. The van der Waals surface area contributed by atoms with Crippen LogP contribution in [0.3, 0.4) is 0 Å². The van der Waals surface area contributed by atoms with Crippen molar-refractivity contribution in [3.63, 3.8) is 0 Å². The molecule has 5 heteroatoms. The van der Waals surface area contributed by atoms with Gasteiger partial charge < -0.3 is 13.0 Å². The molecular weight excluding hydrogens is 298 g/mol. The van der Waals surface area contributed by atoms with Gasteiger partial charge in [0.15, 0.2) is 23.0 Å². The number of rotatable bonds is 2. The van der Waals surface area contributed by atoms with Crippen molar-refractivity contribution in [3.8, 4) is 5.75 Å². The maximum absolute atomic E-state index is 10.4. The van der Waals surface area contributed by atoms with Crippen molar-refractivity contribution in [2.45, 2.75) is 0 Å². The average molecular weight is 302 g/mol. The number of benzene rings is 1. The predicted molar refractivity (Wildman–Crippen MR) is 45.4 cm³/mol. The first-order valence-corrected chi connectivity index (χ1v) is 3.72. The quantitative estimate of drug-likeness (QED) is 0.459. The molecule has 12 heavy (non-hydrogen) atoms. The summed E-state index contributed by atoms with van der Waals surface area (Å²) in [4.78, 5) is 10.4. The topological polar surface area (TPSA) is 49.4 Å². The molecule has 1 aromatic rings. The largest absolute Gasteiger partial charge is 1.00 e.